The maximum Gasteiger partial charge on any atom is 0.150 e. The Labute approximate surface area is 160 Å². The van der Waals surface area contributed by atoms with Gasteiger partial charge in [0, 0.05) is 24.3 Å². The van der Waals surface area contributed by atoms with Crippen molar-refractivity contribution in [2.75, 3.05) is 19.1 Å². The number of nitrogens with zero attached hydrogens (tertiary/aromatic N) is 1. The molecule has 1 aliphatic carbocycles. The van der Waals surface area contributed by atoms with Crippen molar-refractivity contribution in [2.24, 2.45) is 0 Å². The smallest absolute Gasteiger partial charge is 0.150 e. The van der Waals surface area contributed by atoms with Crippen LogP contribution in [-0.4, -0.2) is 20.2 Å². The van der Waals surface area contributed by atoms with Crippen LogP contribution >= 0.6 is 0 Å². The summed E-state index contributed by atoms with van der Waals surface area (Å²) in [5.41, 5.74) is 5.85. The molecule has 3 aromatic carbocycles. The first-order chi connectivity index (χ1) is 13.3. The summed E-state index contributed by atoms with van der Waals surface area (Å²) in [6, 6.07) is 23.9. The molecule has 2 aliphatic rings. The summed E-state index contributed by atoms with van der Waals surface area (Å²) >= 11 is 0. The molecule has 0 saturated heterocycles. The van der Waals surface area contributed by atoms with E-state index in [0.717, 1.165) is 17.1 Å². The molecule has 3 heteroatoms. The molecule has 1 fully saturated rings. The lowest BCUT2D eigenvalue weighted by atomic mass is 9.88. The van der Waals surface area contributed by atoms with Gasteiger partial charge in [0.2, 0.25) is 0 Å². The second-order valence-electron chi connectivity index (χ2n) is 7.36. The van der Waals surface area contributed by atoms with Gasteiger partial charge in [-0.05, 0) is 48.2 Å². The third-order valence-electron chi connectivity index (χ3n) is 5.64. The molecule has 0 bridgehead atoms. The van der Waals surface area contributed by atoms with Crippen LogP contribution in [0.5, 0.6) is 11.5 Å². The molecule has 136 valence electrons. The second kappa shape index (κ2) is 6.34. The van der Waals surface area contributed by atoms with Gasteiger partial charge in [0.15, 0.2) is 0 Å². The minimum atomic E-state index is -0.117. The normalized spacial score (nSPS) is 17.5. The minimum Gasteiger partial charge on any atom is -0.496 e. The number of anilines is 1. The Morgan fingerprint density at radius 2 is 1.78 bits per heavy atom. The standard InChI is InChI=1S/C24H23NO2/c1-25(17-11-12-17)18-13-14-19-20(15-18)24(16-7-4-3-5-8-16)27-22-10-6-9-21(26-2)23(19)22/h3-10,13-15,17,24H,11-12H2,1-2H3. The highest BCUT2D eigenvalue weighted by atomic mass is 16.5. The Balaban J connectivity index is 1.70. The molecule has 3 nitrogen and oxygen atoms in total. The number of hydrogen-bond acceptors (Lipinski definition) is 3. The molecule has 0 N–H and O–H groups in total. The predicted octanol–water partition coefficient (Wildman–Crippen LogP) is 5.44. The van der Waals surface area contributed by atoms with Gasteiger partial charge in [-0.2, -0.15) is 0 Å². The van der Waals surface area contributed by atoms with E-state index in [1.54, 1.807) is 7.11 Å². The molecule has 1 unspecified atom stereocenters. The summed E-state index contributed by atoms with van der Waals surface area (Å²) in [5, 5.41) is 0. The third kappa shape index (κ3) is 2.74. The molecule has 0 spiro atoms. The molecule has 1 aliphatic heterocycles. The zero-order valence-electron chi connectivity index (χ0n) is 15.7. The van der Waals surface area contributed by atoms with Crippen molar-refractivity contribution in [3.63, 3.8) is 0 Å². The van der Waals surface area contributed by atoms with Gasteiger partial charge in [-0.1, -0.05) is 42.5 Å². The molecule has 0 radical (unpaired) electrons. The van der Waals surface area contributed by atoms with E-state index in [0.29, 0.717) is 6.04 Å². The van der Waals surface area contributed by atoms with E-state index in [1.165, 1.54) is 35.2 Å². The molecular formula is C24H23NO2. The van der Waals surface area contributed by atoms with Crippen molar-refractivity contribution in [3.05, 3.63) is 77.9 Å². The van der Waals surface area contributed by atoms with E-state index in [4.69, 9.17) is 9.47 Å². The first kappa shape index (κ1) is 16.2. The highest BCUT2D eigenvalue weighted by Crippen LogP contribution is 2.49. The predicted molar refractivity (Wildman–Crippen MR) is 109 cm³/mol. The Hall–Kier alpha value is -2.94. The summed E-state index contributed by atoms with van der Waals surface area (Å²) in [7, 11) is 3.91. The summed E-state index contributed by atoms with van der Waals surface area (Å²) in [5.74, 6) is 1.72. The van der Waals surface area contributed by atoms with Gasteiger partial charge in [0.05, 0.1) is 12.7 Å². The van der Waals surface area contributed by atoms with E-state index in [1.807, 2.05) is 24.3 Å². The van der Waals surface area contributed by atoms with Crippen LogP contribution in [0.3, 0.4) is 0 Å². The average molecular weight is 357 g/mol. The minimum absolute atomic E-state index is 0.117. The quantitative estimate of drug-likeness (QED) is 0.620. The maximum atomic E-state index is 6.50. The fraction of sp³-hybridized carbons (Fsp3) is 0.250. The van der Waals surface area contributed by atoms with Crippen LogP contribution in [0.1, 0.15) is 30.1 Å². The third-order valence-corrected chi connectivity index (χ3v) is 5.64. The van der Waals surface area contributed by atoms with Crippen LogP contribution in [0.4, 0.5) is 5.69 Å². The van der Waals surface area contributed by atoms with E-state index in [-0.39, 0.29) is 6.10 Å². The van der Waals surface area contributed by atoms with Gasteiger partial charge in [0.25, 0.3) is 0 Å². The SMILES string of the molecule is COc1cccc2c1-c1ccc(N(C)C3CC3)cc1C(c1ccccc1)O2. The lowest BCUT2D eigenvalue weighted by molar-refractivity contribution is 0.242. The number of hydrogen-bond donors (Lipinski definition) is 0. The van der Waals surface area contributed by atoms with Gasteiger partial charge in [-0.25, -0.2) is 0 Å². The highest BCUT2D eigenvalue weighted by Gasteiger charge is 2.32. The molecule has 0 amide bonds. The average Bonchev–Trinajstić information content (AvgIpc) is 3.57. The second-order valence-corrected chi connectivity index (χ2v) is 7.36. The molecule has 5 rings (SSSR count). The summed E-state index contributed by atoms with van der Waals surface area (Å²) in [6.45, 7) is 0. The van der Waals surface area contributed by atoms with Crippen LogP contribution in [0.15, 0.2) is 66.7 Å². The monoisotopic (exact) mass is 357 g/mol. The lowest BCUT2D eigenvalue weighted by Gasteiger charge is -2.31. The molecular weight excluding hydrogens is 334 g/mol. The van der Waals surface area contributed by atoms with E-state index >= 15 is 0 Å². The Morgan fingerprint density at radius 3 is 2.52 bits per heavy atom. The Bertz CT molecular complexity index is 979. The molecule has 27 heavy (non-hydrogen) atoms. The van der Waals surface area contributed by atoms with Crippen molar-refractivity contribution in [1.82, 2.24) is 0 Å². The summed E-state index contributed by atoms with van der Waals surface area (Å²) in [4.78, 5) is 2.39. The first-order valence-corrected chi connectivity index (χ1v) is 9.52. The summed E-state index contributed by atoms with van der Waals surface area (Å²) < 4.78 is 12.1. The number of benzene rings is 3. The Morgan fingerprint density at radius 1 is 0.963 bits per heavy atom. The zero-order chi connectivity index (χ0) is 18.4. The van der Waals surface area contributed by atoms with Crippen molar-refractivity contribution < 1.29 is 9.47 Å². The lowest BCUT2D eigenvalue weighted by Crippen LogP contribution is -2.21. The number of ether oxygens (including phenoxy) is 2. The molecule has 1 heterocycles. The molecule has 3 aromatic rings. The van der Waals surface area contributed by atoms with Crippen LogP contribution in [0.2, 0.25) is 0 Å². The number of methoxy groups -OCH3 is 1. The van der Waals surface area contributed by atoms with Gasteiger partial charge in [-0.3, -0.25) is 0 Å². The Kier molecular flexibility index (Phi) is 3.82. The largest absolute Gasteiger partial charge is 0.496 e. The van der Waals surface area contributed by atoms with E-state index in [2.05, 4.69) is 54.4 Å². The zero-order valence-corrected chi connectivity index (χ0v) is 15.7. The van der Waals surface area contributed by atoms with Crippen LogP contribution in [0.25, 0.3) is 11.1 Å². The van der Waals surface area contributed by atoms with Crippen molar-refractivity contribution in [2.45, 2.75) is 25.0 Å². The fourth-order valence-corrected chi connectivity index (χ4v) is 4.00. The van der Waals surface area contributed by atoms with Crippen molar-refractivity contribution in [1.29, 1.82) is 0 Å². The van der Waals surface area contributed by atoms with Crippen LogP contribution < -0.4 is 14.4 Å². The van der Waals surface area contributed by atoms with Crippen LogP contribution in [-0.2, 0) is 0 Å². The topological polar surface area (TPSA) is 21.7 Å². The highest BCUT2D eigenvalue weighted by molar-refractivity contribution is 5.83. The van der Waals surface area contributed by atoms with Crippen molar-refractivity contribution in [3.8, 4) is 22.6 Å². The number of fused-ring (bicyclic) bond motifs is 3. The van der Waals surface area contributed by atoms with E-state index in [9.17, 15) is 0 Å². The van der Waals surface area contributed by atoms with E-state index < -0.39 is 0 Å². The summed E-state index contributed by atoms with van der Waals surface area (Å²) in [6.07, 6.45) is 2.44. The first-order valence-electron chi connectivity index (χ1n) is 9.52. The fourth-order valence-electron chi connectivity index (χ4n) is 4.00. The molecule has 1 saturated carbocycles. The maximum absolute atomic E-state index is 6.50. The van der Waals surface area contributed by atoms with Gasteiger partial charge >= 0.3 is 0 Å². The number of rotatable bonds is 4. The molecule has 0 aromatic heterocycles. The van der Waals surface area contributed by atoms with Crippen molar-refractivity contribution >= 4 is 5.69 Å². The molecule has 1 atom stereocenters. The van der Waals surface area contributed by atoms with Gasteiger partial charge in [0.1, 0.15) is 17.6 Å². The van der Waals surface area contributed by atoms with Gasteiger partial charge < -0.3 is 14.4 Å². The van der Waals surface area contributed by atoms with Crippen LogP contribution in [0, 0.1) is 0 Å². The van der Waals surface area contributed by atoms with Gasteiger partial charge in [-0.15, -0.1) is 0 Å².